The largest absolute Gasteiger partial charge is 0.330 e. The molecule has 3 aromatic carbocycles. The second kappa shape index (κ2) is 7.95. The summed E-state index contributed by atoms with van der Waals surface area (Å²) in [5, 5.41) is 0.270. The van der Waals surface area contributed by atoms with Crippen molar-refractivity contribution in [1.29, 1.82) is 0 Å². The summed E-state index contributed by atoms with van der Waals surface area (Å²) in [6.45, 7) is 0.799. The zero-order valence-corrected chi connectivity index (χ0v) is 14.3. The van der Waals surface area contributed by atoms with Crippen LogP contribution >= 0.6 is 11.6 Å². The monoisotopic (exact) mass is 353 g/mol. The van der Waals surface area contributed by atoms with Crippen LogP contribution < -0.4 is 0 Å². The third-order valence-corrected chi connectivity index (χ3v) is 4.12. The van der Waals surface area contributed by atoms with Crippen LogP contribution in [0.4, 0.5) is 4.39 Å². The molecular weight excluding hydrogens is 337 g/mol. The van der Waals surface area contributed by atoms with Gasteiger partial charge in [-0.3, -0.25) is 4.79 Å². The fraction of sp³-hybridized carbons (Fsp3) is 0.0952. The van der Waals surface area contributed by atoms with Gasteiger partial charge in [0.1, 0.15) is 5.82 Å². The molecule has 0 aromatic heterocycles. The molecule has 1 amide bonds. The lowest BCUT2D eigenvalue weighted by Crippen LogP contribution is -2.30. The number of halogens is 2. The lowest BCUT2D eigenvalue weighted by molar-refractivity contribution is 0.0725. The van der Waals surface area contributed by atoms with Crippen LogP contribution in [0.1, 0.15) is 21.5 Å². The minimum absolute atomic E-state index is 0.0243. The number of nitrogens with zero attached hydrogens (tertiary/aromatic N) is 1. The SMILES string of the molecule is O=C(c1ccc(Cl)cc1F)N(Cc1ccccc1)Cc1ccccc1. The minimum Gasteiger partial charge on any atom is -0.330 e. The molecule has 0 saturated carbocycles. The quantitative estimate of drug-likeness (QED) is 0.607. The van der Waals surface area contributed by atoms with E-state index in [1.165, 1.54) is 12.1 Å². The standard InChI is InChI=1S/C21H17ClFNO/c22-18-11-12-19(20(23)13-18)21(25)24(14-16-7-3-1-4-8-16)15-17-9-5-2-6-10-17/h1-13H,14-15H2. The fourth-order valence-electron chi connectivity index (χ4n) is 2.64. The maximum absolute atomic E-state index is 14.2. The van der Waals surface area contributed by atoms with Gasteiger partial charge in [0.25, 0.3) is 5.91 Å². The summed E-state index contributed by atoms with van der Waals surface area (Å²) >= 11 is 5.80. The number of hydrogen-bond acceptors (Lipinski definition) is 1. The van der Waals surface area contributed by atoms with Gasteiger partial charge in [0.2, 0.25) is 0 Å². The average molecular weight is 354 g/mol. The van der Waals surface area contributed by atoms with Crippen LogP contribution in [0.5, 0.6) is 0 Å². The molecule has 4 heteroatoms. The predicted octanol–water partition coefficient (Wildman–Crippen LogP) is 5.32. The van der Waals surface area contributed by atoms with E-state index >= 15 is 0 Å². The third kappa shape index (κ3) is 4.46. The first kappa shape index (κ1) is 17.2. The maximum Gasteiger partial charge on any atom is 0.257 e. The van der Waals surface area contributed by atoms with E-state index in [9.17, 15) is 9.18 Å². The van der Waals surface area contributed by atoms with Gasteiger partial charge in [-0.05, 0) is 29.3 Å². The van der Waals surface area contributed by atoms with Crippen molar-refractivity contribution in [2.45, 2.75) is 13.1 Å². The Balaban J connectivity index is 1.90. The van der Waals surface area contributed by atoms with E-state index in [0.29, 0.717) is 13.1 Å². The summed E-state index contributed by atoms with van der Waals surface area (Å²) in [6, 6.07) is 23.4. The van der Waals surface area contributed by atoms with Crippen molar-refractivity contribution in [3.05, 3.63) is 106 Å². The van der Waals surface area contributed by atoms with Gasteiger partial charge in [0, 0.05) is 18.1 Å². The highest BCUT2D eigenvalue weighted by Crippen LogP contribution is 2.19. The van der Waals surface area contributed by atoms with Crippen molar-refractivity contribution in [3.63, 3.8) is 0 Å². The Labute approximate surface area is 151 Å². The van der Waals surface area contributed by atoms with Crippen LogP contribution in [0.15, 0.2) is 78.9 Å². The lowest BCUT2D eigenvalue weighted by atomic mass is 10.1. The van der Waals surface area contributed by atoms with Crippen molar-refractivity contribution in [3.8, 4) is 0 Å². The first-order chi connectivity index (χ1) is 12.1. The predicted molar refractivity (Wildman–Crippen MR) is 97.9 cm³/mol. The van der Waals surface area contributed by atoms with Crippen molar-refractivity contribution in [2.24, 2.45) is 0 Å². The van der Waals surface area contributed by atoms with Crippen LogP contribution in [-0.4, -0.2) is 10.8 Å². The van der Waals surface area contributed by atoms with Gasteiger partial charge >= 0.3 is 0 Å². The number of amides is 1. The molecule has 0 fully saturated rings. The summed E-state index contributed by atoms with van der Waals surface area (Å²) < 4.78 is 14.2. The number of carbonyl (C=O) groups excluding carboxylic acids is 1. The molecule has 0 N–H and O–H groups in total. The van der Waals surface area contributed by atoms with Gasteiger partial charge in [-0.1, -0.05) is 72.3 Å². The molecule has 0 atom stereocenters. The van der Waals surface area contributed by atoms with Crippen LogP contribution in [0.2, 0.25) is 5.02 Å². The Bertz CT molecular complexity index is 811. The van der Waals surface area contributed by atoms with E-state index in [4.69, 9.17) is 11.6 Å². The molecule has 0 saturated heterocycles. The Kier molecular flexibility index (Phi) is 5.46. The van der Waals surface area contributed by atoms with Crippen molar-refractivity contribution in [2.75, 3.05) is 0 Å². The van der Waals surface area contributed by atoms with Crippen molar-refractivity contribution < 1.29 is 9.18 Å². The molecule has 0 unspecified atom stereocenters. The van der Waals surface area contributed by atoms with E-state index in [-0.39, 0.29) is 16.5 Å². The van der Waals surface area contributed by atoms with Crippen LogP contribution in [0, 0.1) is 5.82 Å². The van der Waals surface area contributed by atoms with E-state index < -0.39 is 5.82 Å². The van der Waals surface area contributed by atoms with E-state index in [2.05, 4.69) is 0 Å². The Morgan fingerprint density at radius 3 is 1.84 bits per heavy atom. The molecule has 3 rings (SSSR count). The number of hydrogen-bond donors (Lipinski definition) is 0. The highest BCUT2D eigenvalue weighted by Gasteiger charge is 2.20. The normalized spacial score (nSPS) is 10.5. The zero-order chi connectivity index (χ0) is 17.6. The minimum atomic E-state index is -0.608. The molecule has 0 bridgehead atoms. The third-order valence-electron chi connectivity index (χ3n) is 3.88. The molecule has 0 spiro atoms. The maximum atomic E-state index is 14.2. The smallest absolute Gasteiger partial charge is 0.257 e. The Morgan fingerprint density at radius 1 is 0.840 bits per heavy atom. The van der Waals surface area contributed by atoms with Gasteiger partial charge in [0.05, 0.1) is 5.56 Å². The van der Waals surface area contributed by atoms with Crippen LogP contribution in [-0.2, 0) is 13.1 Å². The second-order valence-electron chi connectivity index (χ2n) is 5.76. The summed E-state index contributed by atoms with van der Waals surface area (Å²) in [5.41, 5.74) is 2.00. The molecule has 0 aliphatic heterocycles. The lowest BCUT2D eigenvalue weighted by Gasteiger charge is -2.23. The van der Waals surface area contributed by atoms with Gasteiger partial charge in [-0.15, -0.1) is 0 Å². The van der Waals surface area contributed by atoms with E-state index in [1.54, 1.807) is 4.90 Å². The van der Waals surface area contributed by atoms with Gasteiger partial charge < -0.3 is 4.90 Å². The molecular formula is C21H17ClFNO. The molecule has 2 nitrogen and oxygen atoms in total. The molecule has 3 aromatic rings. The number of benzene rings is 3. The molecule has 126 valence electrons. The Morgan fingerprint density at radius 2 is 1.36 bits per heavy atom. The first-order valence-corrected chi connectivity index (χ1v) is 8.33. The average Bonchev–Trinajstić information content (AvgIpc) is 2.62. The van der Waals surface area contributed by atoms with E-state index in [0.717, 1.165) is 17.2 Å². The van der Waals surface area contributed by atoms with Crippen LogP contribution in [0.25, 0.3) is 0 Å². The highest BCUT2D eigenvalue weighted by molar-refractivity contribution is 6.30. The Hall–Kier alpha value is -2.65. The first-order valence-electron chi connectivity index (χ1n) is 7.95. The summed E-state index contributed by atoms with van der Waals surface area (Å²) in [6.07, 6.45) is 0. The molecule has 25 heavy (non-hydrogen) atoms. The molecule has 0 aliphatic rings. The number of carbonyl (C=O) groups is 1. The molecule has 0 heterocycles. The van der Waals surface area contributed by atoms with Crippen molar-refractivity contribution >= 4 is 17.5 Å². The van der Waals surface area contributed by atoms with Gasteiger partial charge in [0.15, 0.2) is 0 Å². The van der Waals surface area contributed by atoms with E-state index in [1.807, 2.05) is 60.7 Å². The van der Waals surface area contributed by atoms with Crippen molar-refractivity contribution in [1.82, 2.24) is 4.90 Å². The second-order valence-corrected chi connectivity index (χ2v) is 6.19. The topological polar surface area (TPSA) is 20.3 Å². The summed E-state index contributed by atoms with van der Waals surface area (Å²) in [7, 11) is 0. The number of rotatable bonds is 5. The zero-order valence-electron chi connectivity index (χ0n) is 13.5. The summed E-state index contributed by atoms with van der Waals surface area (Å²) in [4.78, 5) is 14.6. The van der Waals surface area contributed by atoms with Gasteiger partial charge in [-0.25, -0.2) is 4.39 Å². The molecule has 0 aliphatic carbocycles. The fourth-order valence-corrected chi connectivity index (χ4v) is 2.80. The van der Waals surface area contributed by atoms with Gasteiger partial charge in [-0.2, -0.15) is 0 Å². The highest BCUT2D eigenvalue weighted by atomic mass is 35.5. The summed E-state index contributed by atoms with van der Waals surface area (Å²) in [5.74, 6) is -0.967. The molecule has 0 radical (unpaired) electrons. The van der Waals surface area contributed by atoms with Crippen LogP contribution in [0.3, 0.4) is 0 Å².